The van der Waals surface area contributed by atoms with Crippen LogP contribution >= 0.6 is 11.6 Å². The highest BCUT2D eigenvalue weighted by molar-refractivity contribution is 6.45. The summed E-state index contributed by atoms with van der Waals surface area (Å²) < 4.78 is 0. The Morgan fingerprint density at radius 1 is 1.23 bits per heavy atom. The summed E-state index contributed by atoms with van der Waals surface area (Å²) in [5, 5.41) is 21.9. The Labute approximate surface area is 136 Å². The van der Waals surface area contributed by atoms with Crippen LogP contribution in [0, 0.1) is 23.2 Å². The second-order valence-electron chi connectivity index (χ2n) is 7.87. The number of rotatable bonds is 0. The highest BCUT2D eigenvalue weighted by Crippen LogP contribution is 2.62. The molecule has 0 aliphatic heterocycles. The van der Waals surface area contributed by atoms with Crippen LogP contribution in [0.15, 0.2) is 22.8 Å². The lowest BCUT2D eigenvalue weighted by atomic mass is 9.51. The molecule has 0 radical (unpaired) electrons. The minimum absolute atomic E-state index is 0.00323. The molecule has 3 fully saturated rings. The van der Waals surface area contributed by atoms with Gasteiger partial charge in [0.1, 0.15) is 5.60 Å². The quantitative estimate of drug-likeness (QED) is 0.721. The third-order valence-corrected chi connectivity index (χ3v) is 7.55. The number of ketones is 1. The number of halogens is 1. The Hall–Kier alpha value is -0.640. The molecule has 22 heavy (non-hydrogen) atoms. The third kappa shape index (κ3) is 1.73. The fraction of sp³-hybridized carbons (Fsp3) is 0.722. The highest BCUT2D eigenvalue weighted by atomic mass is 35.5. The Bertz CT molecular complexity index is 595. The second-order valence-corrected chi connectivity index (χ2v) is 8.25. The van der Waals surface area contributed by atoms with E-state index >= 15 is 0 Å². The zero-order chi connectivity index (χ0) is 15.7. The van der Waals surface area contributed by atoms with Gasteiger partial charge in [0.05, 0.1) is 11.1 Å². The predicted molar refractivity (Wildman–Crippen MR) is 84.3 cm³/mol. The van der Waals surface area contributed by atoms with Crippen LogP contribution in [0.3, 0.4) is 0 Å². The van der Waals surface area contributed by atoms with Gasteiger partial charge in [-0.3, -0.25) is 4.79 Å². The van der Waals surface area contributed by atoms with Crippen LogP contribution in [0.2, 0.25) is 0 Å². The average molecular weight is 323 g/mol. The molecule has 3 saturated carbocycles. The molecule has 3 nitrogen and oxygen atoms in total. The van der Waals surface area contributed by atoms with Crippen LogP contribution in [-0.2, 0) is 4.79 Å². The fourth-order valence-corrected chi connectivity index (χ4v) is 6.19. The topological polar surface area (TPSA) is 57.5 Å². The van der Waals surface area contributed by atoms with Gasteiger partial charge < -0.3 is 10.2 Å². The van der Waals surface area contributed by atoms with E-state index in [-0.39, 0.29) is 28.3 Å². The van der Waals surface area contributed by atoms with Gasteiger partial charge in [-0.05, 0) is 79.4 Å². The van der Waals surface area contributed by atoms with Crippen molar-refractivity contribution in [2.75, 3.05) is 0 Å². The van der Waals surface area contributed by atoms with Crippen LogP contribution < -0.4 is 0 Å². The largest absolute Gasteiger partial charge is 0.393 e. The standard InChI is InChI=1S/C18H23ClO3/c1-17-8-6-12-10(11(17)4-5-15(17)21)2-3-13-16(19)14(20)7-9-18(12,13)22/h7,9-12,15,21-22H,2-6,8H2,1H3/t10-,11-,12-,15-,17-,18-/m0/s1. The van der Waals surface area contributed by atoms with Crippen LogP contribution in [-0.4, -0.2) is 27.7 Å². The molecule has 6 atom stereocenters. The number of allylic oxidation sites excluding steroid dienone is 2. The number of carbonyl (C=O) groups excluding carboxylic acids is 1. The Morgan fingerprint density at radius 2 is 2.00 bits per heavy atom. The molecule has 0 aromatic rings. The van der Waals surface area contributed by atoms with Crippen LogP contribution in [0.4, 0.5) is 0 Å². The molecule has 120 valence electrons. The van der Waals surface area contributed by atoms with Crippen molar-refractivity contribution in [2.24, 2.45) is 23.2 Å². The van der Waals surface area contributed by atoms with Gasteiger partial charge in [0.2, 0.25) is 0 Å². The number of aliphatic hydroxyl groups is 2. The number of hydrogen-bond donors (Lipinski definition) is 2. The van der Waals surface area contributed by atoms with E-state index in [4.69, 9.17) is 11.6 Å². The summed E-state index contributed by atoms with van der Waals surface area (Å²) in [6, 6.07) is 0. The van der Waals surface area contributed by atoms with Crippen LogP contribution in [0.25, 0.3) is 0 Å². The molecule has 0 aromatic heterocycles. The molecule has 2 N–H and O–H groups in total. The van der Waals surface area contributed by atoms with E-state index in [1.54, 1.807) is 6.08 Å². The van der Waals surface area contributed by atoms with E-state index in [0.29, 0.717) is 18.3 Å². The van der Waals surface area contributed by atoms with E-state index in [1.807, 2.05) is 0 Å². The van der Waals surface area contributed by atoms with Gasteiger partial charge in [0.25, 0.3) is 0 Å². The smallest absolute Gasteiger partial charge is 0.197 e. The molecule has 4 rings (SSSR count). The number of hydrogen-bond acceptors (Lipinski definition) is 3. The van der Waals surface area contributed by atoms with Gasteiger partial charge in [-0.25, -0.2) is 0 Å². The van der Waals surface area contributed by atoms with Gasteiger partial charge >= 0.3 is 0 Å². The molecule has 0 bridgehead atoms. The molecule has 4 aliphatic rings. The van der Waals surface area contributed by atoms with Gasteiger partial charge in [-0.15, -0.1) is 0 Å². The van der Waals surface area contributed by atoms with Gasteiger partial charge in [0.15, 0.2) is 5.78 Å². The molecule has 0 heterocycles. The maximum atomic E-state index is 11.8. The zero-order valence-electron chi connectivity index (χ0n) is 12.9. The van der Waals surface area contributed by atoms with E-state index in [9.17, 15) is 15.0 Å². The van der Waals surface area contributed by atoms with Crippen molar-refractivity contribution >= 4 is 17.4 Å². The summed E-state index contributed by atoms with van der Waals surface area (Å²) in [5.74, 6) is 0.818. The van der Waals surface area contributed by atoms with Crippen molar-refractivity contribution in [2.45, 2.75) is 57.2 Å². The van der Waals surface area contributed by atoms with Crippen molar-refractivity contribution in [3.8, 4) is 0 Å². The van der Waals surface area contributed by atoms with Crippen LogP contribution in [0.5, 0.6) is 0 Å². The first-order valence-electron chi connectivity index (χ1n) is 8.41. The van der Waals surface area contributed by atoms with Crippen LogP contribution in [0.1, 0.15) is 45.4 Å². The van der Waals surface area contributed by atoms with E-state index in [1.165, 1.54) is 6.08 Å². The molecule has 4 aliphatic carbocycles. The van der Waals surface area contributed by atoms with E-state index in [2.05, 4.69) is 6.92 Å². The van der Waals surface area contributed by atoms with Crippen molar-refractivity contribution in [3.05, 3.63) is 22.8 Å². The van der Waals surface area contributed by atoms with Gasteiger partial charge in [-0.1, -0.05) is 18.5 Å². The molecular weight excluding hydrogens is 300 g/mol. The number of aliphatic hydroxyl groups excluding tert-OH is 1. The summed E-state index contributed by atoms with van der Waals surface area (Å²) in [6.45, 7) is 2.22. The maximum Gasteiger partial charge on any atom is 0.197 e. The Kier molecular flexibility index (Phi) is 3.18. The van der Waals surface area contributed by atoms with E-state index in [0.717, 1.165) is 37.7 Å². The first-order valence-corrected chi connectivity index (χ1v) is 8.79. The summed E-state index contributed by atoms with van der Waals surface area (Å²) in [6.07, 6.45) is 8.31. The van der Waals surface area contributed by atoms with Crippen molar-refractivity contribution in [3.63, 3.8) is 0 Å². The fourth-order valence-electron chi connectivity index (χ4n) is 5.88. The summed E-state index contributed by atoms with van der Waals surface area (Å²) >= 11 is 6.20. The molecule has 0 spiro atoms. The lowest BCUT2D eigenvalue weighted by Crippen LogP contribution is -2.54. The SMILES string of the molecule is C[C@]12CC[C@H]3[C@@H](CCC4=C(Cl)C(=O)C=C[C@@]43O)[C@@H]1CC[C@@H]2O. The first-order chi connectivity index (χ1) is 10.4. The second kappa shape index (κ2) is 4.68. The molecule has 4 heteroatoms. The normalized spacial score (nSPS) is 50.6. The summed E-state index contributed by atoms with van der Waals surface area (Å²) in [5.41, 5.74) is -0.329. The molecule has 0 aromatic carbocycles. The molecular formula is C18H23ClO3. The Balaban J connectivity index is 1.73. The first kappa shape index (κ1) is 14.9. The number of fused-ring (bicyclic) bond motifs is 5. The third-order valence-electron chi connectivity index (χ3n) is 7.13. The lowest BCUT2D eigenvalue weighted by Gasteiger charge is -2.55. The monoisotopic (exact) mass is 322 g/mol. The van der Waals surface area contributed by atoms with E-state index < -0.39 is 5.60 Å². The van der Waals surface area contributed by atoms with Crippen molar-refractivity contribution in [1.29, 1.82) is 0 Å². The minimum atomic E-state index is -1.05. The highest BCUT2D eigenvalue weighted by Gasteiger charge is 2.59. The Morgan fingerprint density at radius 3 is 2.77 bits per heavy atom. The summed E-state index contributed by atoms with van der Waals surface area (Å²) in [7, 11) is 0. The van der Waals surface area contributed by atoms with Gasteiger partial charge in [-0.2, -0.15) is 0 Å². The van der Waals surface area contributed by atoms with Crippen molar-refractivity contribution < 1.29 is 15.0 Å². The summed E-state index contributed by atoms with van der Waals surface area (Å²) in [4.78, 5) is 11.8. The maximum absolute atomic E-state index is 11.8. The lowest BCUT2D eigenvalue weighted by molar-refractivity contribution is -0.113. The predicted octanol–water partition coefficient (Wildman–Crippen LogP) is 2.95. The molecule has 0 unspecified atom stereocenters. The zero-order valence-corrected chi connectivity index (χ0v) is 13.6. The van der Waals surface area contributed by atoms with Crippen molar-refractivity contribution in [1.82, 2.24) is 0 Å². The minimum Gasteiger partial charge on any atom is -0.393 e. The molecule has 0 saturated heterocycles. The average Bonchev–Trinajstić information content (AvgIpc) is 2.79. The number of carbonyl (C=O) groups is 1. The molecule has 0 amide bonds. The van der Waals surface area contributed by atoms with Gasteiger partial charge in [0, 0.05) is 0 Å².